The third-order valence-corrected chi connectivity index (χ3v) is 5.52. The molecule has 38 heavy (non-hydrogen) atoms. The largest absolute Gasteiger partial charge is 0.480 e. The molecule has 0 radical (unpaired) electrons. The van der Waals surface area contributed by atoms with E-state index in [4.69, 9.17) is 22.9 Å². The Bertz CT molecular complexity index is 955. The number of rotatable bonds is 19. The molecule has 0 fully saturated rings. The molecule has 0 aliphatic rings. The van der Waals surface area contributed by atoms with Crippen LogP contribution in [-0.4, -0.2) is 81.3 Å². The van der Waals surface area contributed by atoms with Crippen LogP contribution in [0.3, 0.4) is 0 Å². The van der Waals surface area contributed by atoms with Gasteiger partial charge in [0.15, 0.2) is 0 Å². The first-order chi connectivity index (χ1) is 17.9. The first kappa shape index (κ1) is 32.0. The van der Waals surface area contributed by atoms with Gasteiger partial charge in [0.1, 0.15) is 18.1 Å². The van der Waals surface area contributed by atoms with Gasteiger partial charge in [-0.05, 0) is 38.6 Å². The lowest BCUT2D eigenvalue weighted by atomic mass is 10.0. The third kappa shape index (κ3) is 12.3. The fourth-order valence-corrected chi connectivity index (χ4v) is 3.39. The summed E-state index contributed by atoms with van der Waals surface area (Å²) in [6, 6.07) is -4.94. The number of aliphatic carboxylic acids is 1. The lowest BCUT2D eigenvalue weighted by Gasteiger charge is -2.25. The molecule has 4 unspecified atom stereocenters. The number of aromatic nitrogens is 2. The monoisotopic (exact) mass is 539 g/mol. The van der Waals surface area contributed by atoms with Gasteiger partial charge in [-0.25, -0.2) is 9.78 Å². The number of unbranched alkanes of at least 4 members (excludes halogenated alkanes) is 1. The maximum Gasteiger partial charge on any atom is 0.326 e. The number of nitrogens with one attached hydrogen (secondary N) is 4. The maximum atomic E-state index is 13.1. The van der Waals surface area contributed by atoms with Crippen LogP contribution in [0.5, 0.6) is 0 Å². The highest BCUT2D eigenvalue weighted by atomic mass is 16.4. The highest BCUT2D eigenvalue weighted by Gasteiger charge is 2.30. The SMILES string of the molecule is NCCCCC(NC(=O)C(N)CCC(N)=O)C(=O)NC(CCC(N)=O)C(=O)NC(Cc1cnc[nH]1)C(=O)O. The summed E-state index contributed by atoms with van der Waals surface area (Å²) in [5, 5.41) is 16.8. The summed E-state index contributed by atoms with van der Waals surface area (Å²) < 4.78 is 0. The van der Waals surface area contributed by atoms with Gasteiger partial charge < -0.3 is 49.0 Å². The number of amides is 5. The molecular formula is C22H37N9O7. The fraction of sp³-hybridized carbons (Fsp3) is 0.591. The van der Waals surface area contributed by atoms with E-state index in [2.05, 4.69) is 25.9 Å². The van der Waals surface area contributed by atoms with Crippen LogP contribution in [0.25, 0.3) is 0 Å². The normalized spacial score (nSPS) is 13.9. The number of nitrogens with zero attached hydrogens (tertiary/aromatic N) is 1. The average Bonchev–Trinajstić information content (AvgIpc) is 3.36. The Hall–Kier alpha value is -4.05. The van der Waals surface area contributed by atoms with E-state index >= 15 is 0 Å². The molecule has 0 spiro atoms. The number of nitrogens with two attached hydrogens (primary N) is 4. The molecule has 1 aromatic rings. The van der Waals surface area contributed by atoms with Gasteiger partial charge in [0.25, 0.3) is 0 Å². The van der Waals surface area contributed by atoms with E-state index < -0.39 is 59.7 Å². The van der Waals surface area contributed by atoms with Crippen molar-refractivity contribution in [2.75, 3.05) is 6.54 Å². The van der Waals surface area contributed by atoms with Gasteiger partial charge in [-0.3, -0.25) is 24.0 Å². The first-order valence-electron chi connectivity index (χ1n) is 12.1. The topological polar surface area (TPSA) is 292 Å². The standard InChI is InChI=1S/C22H37N9O7/c23-8-2-1-3-14(29-19(34)13(24)4-6-17(25)32)20(35)30-15(5-7-18(26)33)21(36)31-16(22(37)38)9-12-10-27-11-28-12/h10-11,13-16H,1-9,23-24H2,(H2,25,32)(H2,26,33)(H,27,28)(H,29,34)(H,30,35)(H,31,36)(H,37,38). The van der Waals surface area contributed by atoms with Crippen LogP contribution in [0.1, 0.15) is 50.6 Å². The predicted molar refractivity (Wildman–Crippen MR) is 133 cm³/mol. The van der Waals surface area contributed by atoms with Crippen LogP contribution < -0.4 is 38.9 Å². The summed E-state index contributed by atoms with van der Waals surface area (Å²) in [6.07, 6.45) is 3.14. The van der Waals surface area contributed by atoms with Crippen LogP contribution in [0.15, 0.2) is 12.5 Å². The third-order valence-electron chi connectivity index (χ3n) is 5.52. The van der Waals surface area contributed by atoms with Crippen LogP contribution >= 0.6 is 0 Å². The highest BCUT2D eigenvalue weighted by Crippen LogP contribution is 2.07. The van der Waals surface area contributed by atoms with Gasteiger partial charge in [0, 0.05) is 31.2 Å². The van der Waals surface area contributed by atoms with Crippen molar-refractivity contribution in [2.45, 2.75) is 75.5 Å². The molecule has 1 rings (SSSR count). The van der Waals surface area contributed by atoms with Gasteiger partial charge >= 0.3 is 5.97 Å². The first-order valence-corrected chi connectivity index (χ1v) is 12.1. The Morgan fingerprint density at radius 3 is 1.92 bits per heavy atom. The Labute approximate surface area is 219 Å². The summed E-state index contributed by atoms with van der Waals surface area (Å²) in [6.45, 7) is 0.344. The number of imidazole rings is 1. The molecule has 1 aromatic heterocycles. The zero-order valence-electron chi connectivity index (χ0n) is 21.0. The van der Waals surface area contributed by atoms with Crippen LogP contribution in [0, 0.1) is 0 Å². The van der Waals surface area contributed by atoms with Crippen LogP contribution in [-0.2, 0) is 35.2 Å². The molecule has 1 heterocycles. The molecule has 0 aromatic carbocycles. The summed E-state index contributed by atoms with van der Waals surface area (Å²) in [7, 11) is 0. The molecule has 0 saturated heterocycles. The van der Waals surface area contributed by atoms with E-state index in [9.17, 15) is 33.9 Å². The zero-order valence-corrected chi connectivity index (χ0v) is 21.0. The minimum atomic E-state index is -1.36. The molecule has 212 valence electrons. The minimum Gasteiger partial charge on any atom is -0.480 e. The van der Waals surface area contributed by atoms with E-state index in [0.29, 0.717) is 25.1 Å². The van der Waals surface area contributed by atoms with Crippen molar-refractivity contribution in [1.82, 2.24) is 25.9 Å². The minimum absolute atomic E-state index is 0.0329. The summed E-state index contributed by atoms with van der Waals surface area (Å²) in [5.74, 6) is -5.04. The second kappa shape index (κ2) is 16.6. The van der Waals surface area contributed by atoms with Crippen molar-refractivity contribution in [3.05, 3.63) is 18.2 Å². The van der Waals surface area contributed by atoms with Gasteiger partial charge in [-0.1, -0.05) is 0 Å². The van der Waals surface area contributed by atoms with E-state index in [1.807, 2.05) is 0 Å². The van der Waals surface area contributed by atoms with Crippen molar-refractivity contribution in [1.29, 1.82) is 0 Å². The quantitative estimate of drug-likeness (QED) is 0.0780. The number of carboxylic acids is 1. The average molecular weight is 540 g/mol. The Morgan fingerprint density at radius 1 is 0.842 bits per heavy atom. The number of carbonyl (C=O) groups excluding carboxylic acids is 5. The van der Waals surface area contributed by atoms with Crippen molar-refractivity contribution < 1.29 is 33.9 Å². The van der Waals surface area contributed by atoms with Crippen LogP contribution in [0.2, 0.25) is 0 Å². The molecule has 0 aliphatic carbocycles. The lowest BCUT2D eigenvalue weighted by molar-refractivity contribution is -0.142. The second-order valence-electron chi connectivity index (χ2n) is 8.70. The number of aromatic amines is 1. The smallest absolute Gasteiger partial charge is 0.326 e. The van der Waals surface area contributed by atoms with Crippen molar-refractivity contribution >= 4 is 35.5 Å². The van der Waals surface area contributed by atoms with E-state index in [-0.39, 0.29) is 38.5 Å². The molecule has 4 atom stereocenters. The Kier molecular flexibility index (Phi) is 14.0. The molecule has 5 amide bonds. The van der Waals surface area contributed by atoms with Gasteiger partial charge in [-0.15, -0.1) is 0 Å². The van der Waals surface area contributed by atoms with Crippen molar-refractivity contribution in [3.63, 3.8) is 0 Å². The van der Waals surface area contributed by atoms with E-state index in [0.717, 1.165) is 0 Å². The molecular weight excluding hydrogens is 502 g/mol. The molecule has 16 nitrogen and oxygen atoms in total. The van der Waals surface area contributed by atoms with Crippen molar-refractivity contribution in [2.24, 2.45) is 22.9 Å². The number of primary amides is 2. The predicted octanol–water partition coefficient (Wildman–Crippen LogP) is -3.52. The highest BCUT2D eigenvalue weighted by molar-refractivity contribution is 5.94. The molecule has 16 heteroatoms. The number of H-pyrrole nitrogens is 1. The molecule has 0 aliphatic heterocycles. The summed E-state index contributed by atoms with van der Waals surface area (Å²) in [4.78, 5) is 79.1. The number of hydrogen-bond acceptors (Lipinski definition) is 9. The van der Waals surface area contributed by atoms with Gasteiger partial charge in [0.2, 0.25) is 29.5 Å². The zero-order chi connectivity index (χ0) is 28.7. The Morgan fingerprint density at radius 2 is 1.39 bits per heavy atom. The second-order valence-corrected chi connectivity index (χ2v) is 8.70. The lowest BCUT2D eigenvalue weighted by Crippen LogP contribution is -2.57. The molecule has 0 saturated carbocycles. The number of hydrogen-bond donors (Lipinski definition) is 9. The fourth-order valence-electron chi connectivity index (χ4n) is 3.39. The Balaban J connectivity index is 3.00. The number of carbonyl (C=O) groups is 6. The maximum absolute atomic E-state index is 13.1. The van der Waals surface area contributed by atoms with Crippen molar-refractivity contribution in [3.8, 4) is 0 Å². The molecule has 13 N–H and O–H groups in total. The van der Waals surface area contributed by atoms with Gasteiger partial charge in [-0.2, -0.15) is 0 Å². The summed E-state index contributed by atoms with van der Waals surface area (Å²) >= 11 is 0. The van der Waals surface area contributed by atoms with Gasteiger partial charge in [0.05, 0.1) is 12.4 Å². The van der Waals surface area contributed by atoms with E-state index in [1.165, 1.54) is 12.5 Å². The summed E-state index contributed by atoms with van der Waals surface area (Å²) in [5.41, 5.74) is 22.0. The number of carboxylic acid groups (broad SMARTS) is 1. The van der Waals surface area contributed by atoms with Crippen LogP contribution in [0.4, 0.5) is 0 Å². The molecule has 0 bridgehead atoms. The van der Waals surface area contributed by atoms with E-state index in [1.54, 1.807) is 0 Å².